The molecule has 0 aliphatic carbocycles. The van der Waals surface area contributed by atoms with Gasteiger partial charge in [-0.3, -0.25) is 5.32 Å². The molecule has 0 bridgehead atoms. The lowest BCUT2D eigenvalue weighted by Crippen LogP contribution is -2.55. The summed E-state index contributed by atoms with van der Waals surface area (Å²) in [5.41, 5.74) is 0.819. The number of rotatable bonds is 2. The van der Waals surface area contributed by atoms with Gasteiger partial charge in [-0.25, -0.2) is 0 Å². The molecule has 0 amide bonds. The van der Waals surface area contributed by atoms with E-state index in [-0.39, 0.29) is 29.8 Å². The Morgan fingerprint density at radius 2 is 1.62 bits per heavy atom. The van der Waals surface area contributed by atoms with Crippen molar-refractivity contribution in [3.63, 3.8) is 0 Å². The Morgan fingerprint density at radius 1 is 1.00 bits per heavy atom. The number of nitrogens with one attached hydrogen (secondary N) is 1. The molecular formula is C17H25NO3. The second kappa shape index (κ2) is 5.36. The number of hydrogen-bond donors (Lipinski definition) is 1. The highest BCUT2D eigenvalue weighted by Gasteiger charge is 2.45. The van der Waals surface area contributed by atoms with Gasteiger partial charge in [0.15, 0.2) is 12.5 Å². The van der Waals surface area contributed by atoms with Crippen LogP contribution in [0.15, 0.2) is 30.3 Å². The maximum Gasteiger partial charge on any atom is 0.198 e. The maximum absolute atomic E-state index is 6.07. The molecule has 2 saturated heterocycles. The summed E-state index contributed by atoms with van der Waals surface area (Å²) in [5.74, 6) is 0. The molecule has 2 fully saturated rings. The Balaban J connectivity index is 1.68. The minimum atomic E-state index is -0.377. The molecule has 3 rings (SSSR count). The van der Waals surface area contributed by atoms with Crippen LogP contribution < -0.4 is 5.32 Å². The standard InChI is InChI=1S/C17H25NO3/c1-16(2)11-17(3,4)21-15(20-16)14-18-13(10-19-14)12-8-6-5-7-9-12/h5-9,13-15,18H,10-11H2,1-4H3/t13-,14?/m0/s1. The highest BCUT2D eigenvalue weighted by Crippen LogP contribution is 2.37. The van der Waals surface area contributed by atoms with E-state index in [0.717, 1.165) is 6.42 Å². The zero-order valence-electron chi connectivity index (χ0n) is 13.3. The van der Waals surface area contributed by atoms with Crippen molar-refractivity contribution in [1.29, 1.82) is 0 Å². The zero-order chi connectivity index (χ0) is 15.1. The average Bonchev–Trinajstić information content (AvgIpc) is 2.85. The summed E-state index contributed by atoms with van der Waals surface area (Å²) in [6, 6.07) is 10.5. The Hall–Kier alpha value is -0.940. The fourth-order valence-electron chi connectivity index (χ4n) is 3.41. The number of benzene rings is 1. The highest BCUT2D eigenvalue weighted by atomic mass is 16.7. The van der Waals surface area contributed by atoms with Gasteiger partial charge in [0, 0.05) is 6.42 Å². The first-order valence-corrected chi connectivity index (χ1v) is 7.63. The largest absolute Gasteiger partial charge is 0.356 e. The summed E-state index contributed by atoms with van der Waals surface area (Å²) in [6.45, 7) is 9.06. The van der Waals surface area contributed by atoms with E-state index in [0.29, 0.717) is 6.61 Å². The van der Waals surface area contributed by atoms with Crippen LogP contribution in [0.5, 0.6) is 0 Å². The van der Waals surface area contributed by atoms with E-state index >= 15 is 0 Å². The summed E-state index contributed by atoms with van der Waals surface area (Å²) < 4.78 is 18.0. The van der Waals surface area contributed by atoms with Gasteiger partial charge in [0.25, 0.3) is 0 Å². The van der Waals surface area contributed by atoms with Crippen molar-refractivity contribution in [1.82, 2.24) is 5.32 Å². The van der Waals surface area contributed by atoms with Crippen molar-refractivity contribution < 1.29 is 14.2 Å². The van der Waals surface area contributed by atoms with Gasteiger partial charge in [0.05, 0.1) is 23.9 Å². The Bertz CT molecular complexity index is 470. The molecule has 0 spiro atoms. The molecule has 21 heavy (non-hydrogen) atoms. The molecule has 1 aromatic carbocycles. The first-order valence-electron chi connectivity index (χ1n) is 7.63. The van der Waals surface area contributed by atoms with E-state index in [1.807, 2.05) is 18.2 Å². The third kappa shape index (κ3) is 3.46. The fourth-order valence-corrected chi connectivity index (χ4v) is 3.41. The van der Waals surface area contributed by atoms with Crippen molar-refractivity contribution >= 4 is 0 Å². The van der Waals surface area contributed by atoms with E-state index in [9.17, 15) is 0 Å². The minimum Gasteiger partial charge on any atom is -0.356 e. The molecule has 0 aromatic heterocycles. The molecule has 2 aliphatic rings. The first kappa shape index (κ1) is 15.0. The summed E-state index contributed by atoms with van der Waals surface area (Å²) in [6.07, 6.45) is 0.261. The predicted molar refractivity (Wildman–Crippen MR) is 80.8 cm³/mol. The Kier molecular flexibility index (Phi) is 3.82. The van der Waals surface area contributed by atoms with Gasteiger partial charge in [-0.1, -0.05) is 30.3 Å². The van der Waals surface area contributed by atoms with Gasteiger partial charge in [0.1, 0.15) is 0 Å². The molecular weight excluding hydrogens is 266 g/mol. The first-order chi connectivity index (χ1) is 9.85. The molecule has 2 aliphatic heterocycles. The lowest BCUT2D eigenvalue weighted by atomic mass is 9.90. The quantitative estimate of drug-likeness (QED) is 0.909. The van der Waals surface area contributed by atoms with Crippen LogP contribution in [-0.4, -0.2) is 30.3 Å². The van der Waals surface area contributed by atoms with Gasteiger partial charge in [-0.2, -0.15) is 0 Å². The van der Waals surface area contributed by atoms with Crippen LogP contribution in [0.3, 0.4) is 0 Å². The fraction of sp³-hybridized carbons (Fsp3) is 0.647. The van der Waals surface area contributed by atoms with E-state index in [1.54, 1.807) is 0 Å². The molecule has 1 unspecified atom stereocenters. The van der Waals surface area contributed by atoms with Crippen molar-refractivity contribution in [3.8, 4) is 0 Å². The summed E-state index contributed by atoms with van der Waals surface area (Å²) in [7, 11) is 0. The highest BCUT2D eigenvalue weighted by molar-refractivity contribution is 5.19. The van der Waals surface area contributed by atoms with Crippen LogP contribution in [0.4, 0.5) is 0 Å². The molecule has 4 heteroatoms. The maximum atomic E-state index is 6.07. The molecule has 1 N–H and O–H groups in total. The van der Waals surface area contributed by atoms with Crippen LogP contribution in [-0.2, 0) is 14.2 Å². The monoisotopic (exact) mass is 291 g/mol. The molecule has 0 saturated carbocycles. The average molecular weight is 291 g/mol. The summed E-state index contributed by atoms with van der Waals surface area (Å²) in [5, 5.41) is 3.48. The zero-order valence-corrected chi connectivity index (χ0v) is 13.3. The van der Waals surface area contributed by atoms with Gasteiger partial charge >= 0.3 is 0 Å². The third-order valence-electron chi connectivity index (χ3n) is 3.98. The van der Waals surface area contributed by atoms with Gasteiger partial charge in [0.2, 0.25) is 0 Å². The van der Waals surface area contributed by atoms with Crippen molar-refractivity contribution in [2.75, 3.05) is 6.61 Å². The topological polar surface area (TPSA) is 39.7 Å². The molecule has 2 atom stereocenters. The third-order valence-corrected chi connectivity index (χ3v) is 3.98. The minimum absolute atomic E-state index is 0.191. The lowest BCUT2D eigenvalue weighted by Gasteiger charge is -2.46. The van der Waals surface area contributed by atoms with Crippen LogP contribution in [0.1, 0.15) is 45.7 Å². The molecule has 1 aromatic rings. The van der Waals surface area contributed by atoms with Crippen LogP contribution >= 0.6 is 0 Å². The smallest absolute Gasteiger partial charge is 0.198 e. The van der Waals surface area contributed by atoms with Gasteiger partial charge in [-0.15, -0.1) is 0 Å². The molecule has 116 valence electrons. The Morgan fingerprint density at radius 3 is 2.24 bits per heavy atom. The van der Waals surface area contributed by atoms with Gasteiger partial charge in [-0.05, 0) is 33.3 Å². The predicted octanol–water partition coefficient (Wildman–Crippen LogP) is 2.99. The van der Waals surface area contributed by atoms with E-state index in [4.69, 9.17) is 14.2 Å². The number of hydrogen-bond acceptors (Lipinski definition) is 4. The van der Waals surface area contributed by atoms with Crippen LogP contribution in [0.25, 0.3) is 0 Å². The summed E-state index contributed by atoms with van der Waals surface area (Å²) in [4.78, 5) is 0. The SMILES string of the molecule is CC1(C)CC(C)(C)OC(C2N[C@H](c3ccccc3)CO2)O1. The van der Waals surface area contributed by atoms with E-state index < -0.39 is 0 Å². The normalized spacial score (nSPS) is 32.2. The van der Waals surface area contributed by atoms with Crippen molar-refractivity contribution in [2.24, 2.45) is 0 Å². The van der Waals surface area contributed by atoms with Gasteiger partial charge < -0.3 is 14.2 Å². The second-order valence-electron chi connectivity index (χ2n) is 7.18. The molecule has 2 heterocycles. The van der Waals surface area contributed by atoms with Crippen molar-refractivity contribution in [2.45, 2.75) is 63.9 Å². The molecule has 4 nitrogen and oxygen atoms in total. The van der Waals surface area contributed by atoms with E-state index in [2.05, 4.69) is 45.1 Å². The van der Waals surface area contributed by atoms with Crippen molar-refractivity contribution in [3.05, 3.63) is 35.9 Å². The molecule has 0 radical (unpaired) electrons. The number of ether oxygens (including phenoxy) is 3. The van der Waals surface area contributed by atoms with E-state index in [1.165, 1.54) is 5.56 Å². The Labute approximate surface area is 126 Å². The lowest BCUT2D eigenvalue weighted by molar-refractivity contribution is -0.327. The summed E-state index contributed by atoms with van der Waals surface area (Å²) >= 11 is 0. The van der Waals surface area contributed by atoms with Crippen LogP contribution in [0, 0.1) is 0 Å². The second-order valence-corrected chi connectivity index (χ2v) is 7.18. The van der Waals surface area contributed by atoms with Crippen LogP contribution in [0.2, 0.25) is 0 Å².